The fourth-order valence-corrected chi connectivity index (χ4v) is 1.94. The van der Waals surface area contributed by atoms with Crippen molar-refractivity contribution in [3.8, 4) is 0 Å². The molecular weight excluding hydrogens is 263 g/mol. The van der Waals surface area contributed by atoms with Gasteiger partial charge in [0.25, 0.3) is 0 Å². The highest BCUT2D eigenvalue weighted by atomic mass is 32.2. The second-order valence-electron chi connectivity index (χ2n) is 3.69. The lowest BCUT2D eigenvalue weighted by molar-refractivity contribution is -0.145. The van der Waals surface area contributed by atoms with Crippen LogP contribution in [-0.2, 0) is 6.18 Å². The van der Waals surface area contributed by atoms with E-state index in [1.165, 1.54) is 11.8 Å². The van der Waals surface area contributed by atoms with Crippen LogP contribution in [0.4, 0.5) is 19.0 Å². The van der Waals surface area contributed by atoms with Crippen LogP contribution in [0.5, 0.6) is 0 Å². The summed E-state index contributed by atoms with van der Waals surface area (Å²) >= 11 is 1.31. The van der Waals surface area contributed by atoms with Crippen molar-refractivity contribution in [3.63, 3.8) is 0 Å². The molecule has 0 spiro atoms. The summed E-state index contributed by atoms with van der Waals surface area (Å²) in [6.45, 7) is 4.49. The van der Waals surface area contributed by atoms with E-state index in [-0.39, 0.29) is 5.82 Å². The Labute approximate surface area is 109 Å². The van der Waals surface area contributed by atoms with E-state index in [2.05, 4.69) is 15.3 Å². The zero-order valence-electron chi connectivity index (χ0n) is 10.3. The molecule has 0 aliphatic heterocycles. The molecular formula is C11H16F3N3S. The van der Waals surface area contributed by atoms with Crippen LogP contribution in [0.2, 0.25) is 0 Å². The fraction of sp³-hybridized carbons (Fsp3) is 0.636. The highest BCUT2D eigenvalue weighted by Gasteiger charge is 2.35. The maximum absolute atomic E-state index is 12.6. The first-order chi connectivity index (χ1) is 8.47. The number of hydrogen-bond acceptors (Lipinski definition) is 4. The topological polar surface area (TPSA) is 37.8 Å². The van der Waals surface area contributed by atoms with Crippen LogP contribution in [0.25, 0.3) is 0 Å². The number of nitrogens with zero attached hydrogens (tertiary/aromatic N) is 2. The van der Waals surface area contributed by atoms with Crippen LogP contribution in [0, 0.1) is 0 Å². The first kappa shape index (κ1) is 15.1. The van der Waals surface area contributed by atoms with Crippen LogP contribution >= 0.6 is 11.8 Å². The zero-order chi connectivity index (χ0) is 13.6. The number of alkyl halides is 3. The second kappa shape index (κ2) is 6.82. The molecule has 0 unspecified atom stereocenters. The summed E-state index contributed by atoms with van der Waals surface area (Å²) in [4.78, 5) is 7.03. The SMILES string of the molecule is CCCNc1cc(SCCC)nc(C(F)(F)F)n1. The predicted octanol–water partition coefficient (Wildman–Crippen LogP) is 3.82. The Kier molecular flexibility index (Phi) is 5.71. The average Bonchev–Trinajstić information content (AvgIpc) is 2.32. The van der Waals surface area contributed by atoms with Gasteiger partial charge < -0.3 is 5.32 Å². The van der Waals surface area contributed by atoms with E-state index in [0.29, 0.717) is 11.6 Å². The highest BCUT2D eigenvalue weighted by Crippen LogP contribution is 2.29. The minimum atomic E-state index is -4.51. The van der Waals surface area contributed by atoms with Crippen molar-refractivity contribution < 1.29 is 13.2 Å². The Bertz CT molecular complexity index is 356. The monoisotopic (exact) mass is 279 g/mol. The first-order valence-electron chi connectivity index (χ1n) is 5.80. The van der Waals surface area contributed by atoms with E-state index >= 15 is 0 Å². The lowest BCUT2D eigenvalue weighted by atomic mass is 10.4. The summed E-state index contributed by atoms with van der Waals surface area (Å²) in [6.07, 6.45) is -2.80. The van der Waals surface area contributed by atoms with Gasteiger partial charge in [-0.05, 0) is 18.6 Å². The summed E-state index contributed by atoms with van der Waals surface area (Å²) in [6, 6.07) is 1.56. The standard InChI is InChI=1S/C11H16F3N3S/c1-3-5-15-8-7-9(18-6-4-2)17-10(16-8)11(12,13)14/h7H,3-6H2,1-2H3,(H,15,16,17). The van der Waals surface area contributed by atoms with Crippen molar-refractivity contribution in [1.29, 1.82) is 0 Å². The molecule has 1 heterocycles. The van der Waals surface area contributed by atoms with Gasteiger partial charge in [0.05, 0.1) is 0 Å². The van der Waals surface area contributed by atoms with Crippen molar-refractivity contribution in [2.75, 3.05) is 17.6 Å². The lowest BCUT2D eigenvalue weighted by Gasteiger charge is -2.10. The van der Waals surface area contributed by atoms with E-state index in [4.69, 9.17) is 0 Å². The summed E-state index contributed by atoms with van der Waals surface area (Å²) in [5.41, 5.74) is 0. The minimum absolute atomic E-state index is 0.234. The third kappa shape index (κ3) is 4.72. The van der Waals surface area contributed by atoms with Crippen LogP contribution in [0.15, 0.2) is 11.1 Å². The van der Waals surface area contributed by atoms with E-state index in [9.17, 15) is 13.2 Å². The number of rotatable bonds is 6. The third-order valence-corrected chi connectivity index (χ3v) is 3.08. The van der Waals surface area contributed by atoms with Crippen molar-refractivity contribution in [3.05, 3.63) is 11.9 Å². The smallest absolute Gasteiger partial charge is 0.370 e. The van der Waals surface area contributed by atoms with E-state index in [1.54, 1.807) is 6.07 Å². The Balaban J connectivity index is 2.96. The fourth-order valence-electron chi connectivity index (χ4n) is 1.18. The Morgan fingerprint density at radius 2 is 1.94 bits per heavy atom. The van der Waals surface area contributed by atoms with Gasteiger partial charge in [-0.3, -0.25) is 0 Å². The van der Waals surface area contributed by atoms with Gasteiger partial charge in [0.2, 0.25) is 5.82 Å². The number of thioether (sulfide) groups is 1. The molecule has 3 nitrogen and oxygen atoms in total. The summed E-state index contributed by atoms with van der Waals surface area (Å²) in [5.74, 6) is -0.110. The summed E-state index contributed by atoms with van der Waals surface area (Å²) < 4.78 is 37.9. The normalized spacial score (nSPS) is 11.6. The van der Waals surface area contributed by atoms with Gasteiger partial charge in [-0.15, -0.1) is 11.8 Å². The van der Waals surface area contributed by atoms with Crippen molar-refractivity contribution in [1.82, 2.24) is 9.97 Å². The van der Waals surface area contributed by atoms with Crippen molar-refractivity contribution in [2.45, 2.75) is 37.9 Å². The largest absolute Gasteiger partial charge is 0.451 e. The molecule has 1 aromatic heterocycles. The van der Waals surface area contributed by atoms with Crippen LogP contribution in [-0.4, -0.2) is 22.3 Å². The molecule has 1 aromatic rings. The molecule has 18 heavy (non-hydrogen) atoms. The average molecular weight is 279 g/mol. The number of nitrogens with one attached hydrogen (secondary N) is 1. The molecule has 0 fully saturated rings. The molecule has 1 N–H and O–H groups in total. The summed E-state index contributed by atoms with van der Waals surface area (Å²) in [7, 11) is 0. The number of halogens is 3. The maximum atomic E-state index is 12.6. The van der Waals surface area contributed by atoms with Crippen LogP contribution in [0.3, 0.4) is 0 Å². The molecule has 7 heteroatoms. The van der Waals surface area contributed by atoms with Gasteiger partial charge in [-0.2, -0.15) is 13.2 Å². The van der Waals surface area contributed by atoms with Crippen LogP contribution in [0.1, 0.15) is 32.5 Å². The number of aromatic nitrogens is 2. The highest BCUT2D eigenvalue weighted by molar-refractivity contribution is 7.99. The number of anilines is 1. The lowest BCUT2D eigenvalue weighted by Crippen LogP contribution is -2.14. The zero-order valence-corrected chi connectivity index (χ0v) is 11.2. The molecule has 1 rings (SSSR count). The molecule has 0 radical (unpaired) electrons. The van der Waals surface area contributed by atoms with Crippen molar-refractivity contribution in [2.24, 2.45) is 0 Å². The minimum Gasteiger partial charge on any atom is -0.370 e. The molecule has 0 saturated carbocycles. The Morgan fingerprint density at radius 3 is 2.50 bits per heavy atom. The second-order valence-corrected chi connectivity index (χ2v) is 4.80. The molecule has 0 bridgehead atoms. The van der Waals surface area contributed by atoms with Gasteiger partial charge in [0, 0.05) is 12.6 Å². The van der Waals surface area contributed by atoms with E-state index in [0.717, 1.165) is 18.6 Å². The molecule has 102 valence electrons. The molecule has 0 aliphatic rings. The molecule has 0 aliphatic carbocycles. The third-order valence-electron chi connectivity index (χ3n) is 1.97. The Hall–Kier alpha value is -0.980. The Morgan fingerprint density at radius 1 is 1.22 bits per heavy atom. The maximum Gasteiger partial charge on any atom is 0.451 e. The number of hydrogen-bond donors (Lipinski definition) is 1. The van der Waals surface area contributed by atoms with Gasteiger partial charge in [-0.25, -0.2) is 9.97 Å². The molecule has 0 aromatic carbocycles. The van der Waals surface area contributed by atoms with Gasteiger partial charge in [0.1, 0.15) is 10.8 Å². The molecule has 0 atom stereocenters. The quantitative estimate of drug-likeness (QED) is 0.634. The predicted molar refractivity (Wildman–Crippen MR) is 66.8 cm³/mol. The van der Waals surface area contributed by atoms with Gasteiger partial charge >= 0.3 is 6.18 Å². The summed E-state index contributed by atoms with van der Waals surface area (Å²) in [5, 5.41) is 3.22. The van der Waals surface area contributed by atoms with E-state index in [1.807, 2.05) is 13.8 Å². The van der Waals surface area contributed by atoms with Gasteiger partial charge in [0.15, 0.2) is 0 Å². The molecule has 0 saturated heterocycles. The molecule has 0 amide bonds. The van der Waals surface area contributed by atoms with Crippen molar-refractivity contribution >= 4 is 17.6 Å². The van der Waals surface area contributed by atoms with E-state index < -0.39 is 12.0 Å². The van der Waals surface area contributed by atoms with Gasteiger partial charge in [-0.1, -0.05) is 13.8 Å². The first-order valence-corrected chi connectivity index (χ1v) is 6.78. The van der Waals surface area contributed by atoms with Crippen LogP contribution < -0.4 is 5.32 Å².